The molecule has 0 amide bonds. The number of hydrogen-bond donors (Lipinski definition) is 0. The van der Waals surface area contributed by atoms with Crippen molar-refractivity contribution in [2.24, 2.45) is 0 Å². The fourth-order valence-corrected chi connectivity index (χ4v) is 6.88. The van der Waals surface area contributed by atoms with Gasteiger partial charge in [-0.25, -0.2) is 8.42 Å². The van der Waals surface area contributed by atoms with Crippen molar-refractivity contribution in [3.8, 4) is 0 Å². The van der Waals surface area contributed by atoms with Crippen LogP contribution in [0.15, 0.2) is 27.6 Å². The highest BCUT2D eigenvalue weighted by Crippen LogP contribution is 2.41. The highest BCUT2D eigenvalue weighted by molar-refractivity contribution is 8.13. The number of sulfone groups is 1. The van der Waals surface area contributed by atoms with Crippen LogP contribution in [0.5, 0.6) is 0 Å². The van der Waals surface area contributed by atoms with E-state index in [0.717, 1.165) is 0 Å². The SMILES string of the molecule is CSC1Cc2c(ccc(C(=O)C3=C(Cl)CCCC3=O)c2Cl)S1(=O)=O. The molecule has 0 fully saturated rings. The van der Waals surface area contributed by atoms with Gasteiger partial charge in [-0.15, -0.1) is 11.8 Å². The first-order valence-corrected chi connectivity index (χ1v) is 10.9. The van der Waals surface area contributed by atoms with Crippen LogP contribution in [-0.4, -0.2) is 30.8 Å². The van der Waals surface area contributed by atoms with E-state index in [-0.39, 0.29) is 44.7 Å². The van der Waals surface area contributed by atoms with Crippen LogP contribution in [-0.2, 0) is 21.1 Å². The Balaban J connectivity index is 2.10. The summed E-state index contributed by atoms with van der Waals surface area (Å²) >= 11 is 13.7. The second-order valence-electron chi connectivity index (χ2n) is 5.70. The first kappa shape index (κ1) is 18.0. The fourth-order valence-electron chi connectivity index (χ4n) is 3.05. The zero-order valence-electron chi connectivity index (χ0n) is 12.8. The molecule has 2 aliphatic rings. The summed E-state index contributed by atoms with van der Waals surface area (Å²) in [6.45, 7) is 0. The average molecular weight is 405 g/mol. The molecule has 128 valence electrons. The minimum absolute atomic E-state index is 0.0213. The van der Waals surface area contributed by atoms with E-state index >= 15 is 0 Å². The zero-order valence-corrected chi connectivity index (χ0v) is 15.9. The number of fused-ring (bicyclic) bond motifs is 1. The second kappa shape index (κ2) is 6.48. The van der Waals surface area contributed by atoms with Crippen LogP contribution >= 0.6 is 35.0 Å². The molecule has 1 heterocycles. The largest absolute Gasteiger partial charge is 0.294 e. The quantitative estimate of drug-likeness (QED) is 0.566. The van der Waals surface area contributed by atoms with Crippen molar-refractivity contribution < 1.29 is 18.0 Å². The number of halogens is 2. The molecule has 0 aromatic heterocycles. The van der Waals surface area contributed by atoms with Gasteiger partial charge in [0, 0.05) is 23.4 Å². The van der Waals surface area contributed by atoms with Gasteiger partial charge in [0.2, 0.25) is 0 Å². The molecule has 0 N–H and O–H groups in total. The maximum atomic E-state index is 12.8. The minimum atomic E-state index is -3.45. The van der Waals surface area contributed by atoms with Crippen molar-refractivity contribution in [2.45, 2.75) is 35.2 Å². The number of carbonyl (C=O) groups excluding carboxylic acids is 2. The van der Waals surface area contributed by atoms with E-state index in [2.05, 4.69) is 0 Å². The number of Topliss-reactive ketones (excluding diaryl/α,β-unsaturated/α-hetero) is 2. The van der Waals surface area contributed by atoms with Crippen molar-refractivity contribution in [3.05, 3.63) is 38.9 Å². The van der Waals surface area contributed by atoms with Crippen molar-refractivity contribution in [2.75, 3.05) is 6.26 Å². The highest BCUT2D eigenvalue weighted by atomic mass is 35.5. The predicted molar refractivity (Wildman–Crippen MR) is 95.7 cm³/mol. The average Bonchev–Trinajstić information content (AvgIpc) is 2.79. The molecule has 1 aromatic rings. The molecule has 1 aliphatic heterocycles. The van der Waals surface area contributed by atoms with Gasteiger partial charge in [0.15, 0.2) is 21.4 Å². The number of allylic oxidation sites excluding steroid dienone is 2. The van der Waals surface area contributed by atoms with Gasteiger partial charge in [0.1, 0.15) is 4.58 Å². The van der Waals surface area contributed by atoms with E-state index in [1.54, 1.807) is 6.26 Å². The van der Waals surface area contributed by atoms with E-state index in [0.29, 0.717) is 18.4 Å². The Morgan fingerprint density at radius 1 is 1.25 bits per heavy atom. The lowest BCUT2D eigenvalue weighted by molar-refractivity contribution is -0.115. The van der Waals surface area contributed by atoms with Crippen molar-refractivity contribution in [1.82, 2.24) is 0 Å². The van der Waals surface area contributed by atoms with E-state index in [1.807, 2.05) is 0 Å². The number of benzene rings is 1. The first-order chi connectivity index (χ1) is 11.3. The minimum Gasteiger partial charge on any atom is -0.294 e. The summed E-state index contributed by atoms with van der Waals surface area (Å²) in [5.41, 5.74) is 0.560. The zero-order chi connectivity index (χ0) is 17.6. The van der Waals surface area contributed by atoms with E-state index in [9.17, 15) is 18.0 Å². The van der Waals surface area contributed by atoms with Crippen LogP contribution in [0.4, 0.5) is 0 Å². The molecule has 1 aliphatic carbocycles. The maximum Gasteiger partial charge on any atom is 0.199 e. The molecule has 24 heavy (non-hydrogen) atoms. The molecule has 4 nitrogen and oxygen atoms in total. The van der Waals surface area contributed by atoms with Gasteiger partial charge in [-0.2, -0.15) is 0 Å². The van der Waals surface area contributed by atoms with E-state index < -0.39 is 20.2 Å². The molecule has 8 heteroatoms. The van der Waals surface area contributed by atoms with Crippen molar-refractivity contribution >= 4 is 56.4 Å². The Kier molecular flexibility index (Phi) is 4.86. The van der Waals surface area contributed by atoms with Crippen molar-refractivity contribution in [3.63, 3.8) is 0 Å². The molecule has 1 aromatic carbocycles. The van der Waals surface area contributed by atoms with E-state index in [1.165, 1.54) is 23.9 Å². The highest BCUT2D eigenvalue weighted by Gasteiger charge is 2.39. The number of ketones is 2. The molecule has 0 spiro atoms. The topological polar surface area (TPSA) is 68.3 Å². The van der Waals surface area contributed by atoms with Crippen LogP contribution in [0.25, 0.3) is 0 Å². The molecule has 1 unspecified atom stereocenters. The summed E-state index contributed by atoms with van der Waals surface area (Å²) in [6, 6.07) is 2.78. The summed E-state index contributed by atoms with van der Waals surface area (Å²) in [7, 11) is -3.45. The summed E-state index contributed by atoms with van der Waals surface area (Å²) in [6.07, 6.45) is 3.36. The third-order valence-electron chi connectivity index (χ3n) is 4.31. The third-order valence-corrected chi connectivity index (χ3v) is 9.00. The number of carbonyl (C=O) groups is 2. The number of thioether (sulfide) groups is 1. The van der Waals surface area contributed by atoms with Gasteiger partial charge in [0.25, 0.3) is 0 Å². The Morgan fingerprint density at radius 2 is 1.96 bits per heavy atom. The van der Waals surface area contributed by atoms with Gasteiger partial charge in [-0.05, 0) is 36.8 Å². The molecule has 0 bridgehead atoms. The second-order valence-corrected chi connectivity index (χ2v) is 9.98. The van der Waals surface area contributed by atoms with Crippen LogP contribution < -0.4 is 0 Å². The smallest absolute Gasteiger partial charge is 0.199 e. The summed E-state index contributed by atoms with van der Waals surface area (Å²) in [5.74, 6) is -0.815. The van der Waals surface area contributed by atoms with Crippen LogP contribution in [0.2, 0.25) is 5.02 Å². The predicted octanol–water partition coefficient (Wildman–Crippen LogP) is 3.79. The normalized spacial score (nSPS) is 22.6. The monoisotopic (exact) mass is 404 g/mol. The summed E-state index contributed by atoms with van der Waals surface area (Å²) in [5, 5.41) is 0.357. The lowest BCUT2D eigenvalue weighted by atomic mass is 9.91. The molecular weight excluding hydrogens is 391 g/mol. The van der Waals surface area contributed by atoms with Crippen LogP contribution in [0.3, 0.4) is 0 Å². The molecule has 1 atom stereocenters. The summed E-state index contributed by atoms with van der Waals surface area (Å²) in [4.78, 5) is 25.0. The Morgan fingerprint density at radius 3 is 2.58 bits per heavy atom. The Bertz CT molecular complexity index is 888. The van der Waals surface area contributed by atoms with Gasteiger partial charge in [0.05, 0.1) is 15.5 Å². The molecular formula is C16H14Cl2O4S2. The molecule has 0 saturated heterocycles. The fraction of sp³-hybridized carbons (Fsp3) is 0.375. The Hall–Kier alpha value is -0.820. The number of rotatable bonds is 3. The molecule has 0 saturated carbocycles. The molecule has 0 radical (unpaired) electrons. The van der Waals surface area contributed by atoms with Crippen LogP contribution in [0, 0.1) is 0 Å². The Labute approximate surface area is 154 Å². The van der Waals surface area contributed by atoms with Gasteiger partial charge >= 0.3 is 0 Å². The van der Waals surface area contributed by atoms with Gasteiger partial charge in [-0.3, -0.25) is 9.59 Å². The third kappa shape index (κ3) is 2.73. The van der Waals surface area contributed by atoms with Crippen molar-refractivity contribution in [1.29, 1.82) is 0 Å². The maximum absolute atomic E-state index is 12.8. The lowest BCUT2D eigenvalue weighted by Crippen LogP contribution is -2.18. The standard InChI is InChI=1S/C16H14Cl2O4S2/c1-23-13-7-9-12(24(13,21)22)6-5-8(15(9)18)16(20)14-10(17)3-2-4-11(14)19/h5-6,13H,2-4,7H2,1H3. The van der Waals surface area contributed by atoms with Gasteiger partial charge < -0.3 is 0 Å². The summed E-state index contributed by atoms with van der Waals surface area (Å²) < 4.78 is 24.2. The first-order valence-electron chi connectivity index (χ1n) is 7.33. The molecule has 3 rings (SSSR count). The van der Waals surface area contributed by atoms with Gasteiger partial charge in [-0.1, -0.05) is 23.2 Å². The number of hydrogen-bond acceptors (Lipinski definition) is 5. The van der Waals surface area contributed by atoms with E-state index in [4.69, 9.17) is 23.2 Å². The van der Waals surface area contributed by atoms with Crippen LogP contribution in [0.1, 0.15) is 35.2 Å². The lowest BCUT2D eigenvalue weighted by Gasteiger charge is -2.15.